The predicted molar refractivity (Wildman–Crippen MR) is 183 cm³/mol. The fourth-order valence-corrected chi connectivity index (χ4v) is 4.71. The minimum absolute atomic E-state index is 0.0575. The average molecular weight is 618 g/mol. The average Bonchev–Trinajstić information content (AvgIpc) is 3.06. The van der Waals surface area contributed by atoms with Gasteiger partial charge in [-0.1, -0.05) is 93.1 Å². The smallest absolute Gasteiger partial charge is 0.331 e. The number of amides is 3. The first kappa shape index (κ1) is 37.2. The molecule has 3 rings (SSSR count). The third-order valence-electron chi connectivity index (χ3n) is 7.60. The zero-order chi connectivity index (χ0) is 33.0. The molecule has 0 aromatic heterocycles. The number of hydrazine groups is 1. The van der Waals surface area contributed by atoms with E-state index in [1.165, 1.54) is 33.8 Å². The molecule has 0 radical (unpaired) electrons. The van der Waals surface area contributed by atoms with Gasteiger partial charge >= 0.3 is 6.03 Å². The number of hydrogen-bond donors (Lipinski definition) is 1. The highest BCUT2D eigenvalue weighted by Gasteiger charge is 2.20. The summed E-state index contributed by atoms with van der Waals surface area (Å²) in [6.07, 6.45) is 6.02. The number of urea groups is 1. The number of hydrogen-bond acceptors (Lipinski definition) is 4. The van der Waals surface area contributed by atoms with Gasteiger partial charge in [-0.2, -0.15) is 0 Å². The largest absolute Gasteiger partial charge is 0.337 e. The van der Waals surface area contributed by atoms with Crippen LogP contribution >= 0.6 is 0 Å². The summed E-state index contributed by atoms with van der Waals surface area (Å²) < 4.78 is 13.1. The number of carbonyl (C=O) groups excluding carboxylic acids is 2. The van der Waals surface area contributed by atoms with Gasteiger partial charge in [0.05, 0.1) is 6.54 Å². The van der Waals surface area contributed by atoms with Gasteiger partial charge in [0.25, 0.3) is 0 Å². The van der Waals surface area contributed by atoms with Crippen LogP contribution in [-0.4, -0.2) is 85.6 Å². The Hall–Kier alpha value is -4.01. The van der Waals surface area contributed by atoms with Crippen LogP contribution in [0.4, 0.5) is 9.18 Å². The molecule has 45 heavy (non-hydrogen) atoms. The van der Waals surface area contributed by atoms with Crippen LogP contribution < -0.4 is 5.32 Å². The van der Waals surface area contributed by atoms with Crippen molar-refractivity contribution in [3.63, 3.8) is 0 Å². The van der Waals surface area contributed by atoms with Crippen molar-refractivity contribution in [1.29, 1.82) is 0 Å². The van der Waals surface area contributed by atoms with E-state index in [4.69, 9.17) is 0 Å². The number of rotatable bonds is 16. The second-order valence-corrected chi connectivity index (χ2v) is 11.2. The quantitative estimate of drug-likeness (QED) is 0.154. The van der Waals surface area contributed by atoms with Crippen molar-refractivity contribution in [2.45, 2.75) is 46.1 Å². The molecule has 0 heterocycles. The lowest BCUT2D eigenvalue weighted by molar-refractivity contribution is -0.134. The number of nitrogens with zero attached hydrogens (tertiary/aromatic N) is 4. The molecular formula is C37H52FN5O2. The highest BCUT2D eigenvalue weighted by atomic mass is 19.1. The van der Waals surface area contributed by atoms with Gasteiger partial charge in [0.2, 0.25) is 5.91 Å². The number of halogens is 1. The Morgan fingerprint density at radius 3 is 2.02 bits per heavy atom. The van der Waals surface area contributed by atoms with Crippen molar-refractivity contribution < 1.29 is 14.0 Å². The molecule has 244 valence electrons. The maximum Gasteiger partial charge on any atom is 0.331 e. The van der Waals surface area contributed by atoms with Crippen molar-refractivity contribution in [2.75, 3.05) is 53.9 Å². The van der Waals surface area contributed by atoms with E-state index < -0.39 is 0 Å². The summed E-state index contributed by atoms with van der Waals surface area (Å²) in [5.41, 5.74) is 5.04. The predicted octanol–water partition coefficient (Wildman–Crippen LogP) is 6.20. The molecule has 8 heteroatoms. The van der Waals surface area contributed by atoms with Crippen LogP contribution in [0.15, 0.2) is 91.5 Å². The Balaban J connectivity index is 0.00000105. The van der Waals surface area contributed by atoms with Crippen molar-refractivity contribution in [1.82, 2.24) is 25.1 Å². The van der Waals surface area contributed by atoms with Crippen LogP contribution in [0.1, 0.15) is 42.5 Å². The molecule has 3 aromatic rings. The van der Waals surface area contributed by atoms with Gasteiger partial charge in [0, 0.05) is 46.8 Å². The molecule has 0 aliphatic carbocycles. The third kappa shape index (κ3) is 14.1. The molecule has 0 unspecified atom stereocenters. The molecule has 0 spiro atoms. The summed E-state index contributed by atoms with van der Waals surface area (Å²) in [4.78, 5) is 29.6. The highest BCUT2D eigenvalue weighted by Crippen LogP contribution is 2.16. The Morgan fingerprint density at radius 2 is 1.44 bits per heavy atom. The maximum atomic E-state index is 13.1. The molecule has 0 bridgehead atoms. The number of benzene rings is 3. The van der Waals surface area contributed by atoms with Crippen molar-refractivity contribution in [3.8, 4) is 0 Å². The molecule has 0 fully saturated rings. The fourth-order valence-electron chi connectivity index (χ4n) is 4.71. The van der Waals surface area contributed by atoms with Crippen LogP contribution in [0.2, 0.25) is 0 Å². The van der Waals surface area contributed by atoms with Gasteiger partial charge in [-0.3, -0.25) is 9.80 Å². The van der Waals surface area contributed by atoms with Gasteiger partial charge in [-0.05, 0) is 60.7 Å². The Kier molecular flexibility index (Phi) is 17.2. The fraction of sp³-hybridized carbons (Fsp3) is 0.405. The van der Waals surface area contributed by atoms with E-state index in [1.807, 2.05) is 36.4 Å². The van der Waals surface area contributed by atoms with Crippen molar-refractivity contribution in [2.24, 2.45) is 0 Å². The molecule has 0 saturated heterocycles. The van der Waals surface area contributed by atoms with E-state index in [-0.39, 0.29) is 30.8 Å². The summed E-state index contributed by atoms with van der Waals surface area (Å²) in [5, 5.41) is 5.74. The second kappa shape index (κ2) is 20.9. The molecule has 3 amide bonds. The van der Waals surface area contributed by atoms with Gasteiger partial charge in [0.1, 0.15) is 5.82 Å². The van der Waals surface area contributed by atoms with Crippen LogP contribution in [0.25, 0.3) is 0 Å². The van der Waals surface area contributed by atoms with Crippen LogP contribution in [0.3, 0.4) is 0 Å². The Morgan fingerprint density at radius 1 is 0.822 bits per heavy atom. The number of nitrogens with one attached hydrogen (secondary N) is 1. The third-order valence-corrected chi connectivity index (χ3v) is 7.60. The molecule has 0 aliphatic rings. The summed E-state index contributed by atoms with van der Waals surface area (Å²) in [6.45, 7) is 11.2. The van der Waals surface area contributed by atoms with Crippen LogP contribution in [0, 0.1) is 5.82 Å². The number of aryl methyl sites for hydroxylation is 2. The minimum atomic E-state index is -0.348. The van der Waals surface area contributed by atoms with Crippen LogP contribution in [0.5, 0.6) is 0 Å². The first-order valence-corrected chi connectivity index (χ1v) is 15.8. The molecule has 0 aliphatic heterocycles. The normalized spacial score (nSPS) is 10.7. The van der Waals surface area contributed by atoms with Gasteiger partial charge in [-0.25, -0.2) is 14.2 Å². The molecule has 0 atom stereocenters. The molecular weight excluding hydrogens is 565 g/mol. The van der Waals surface area contributed by atoms with E-state index in [2.05, 4.69) is 55.9 Å². The summed E-state index contributed by atoms with van der Waals surface area (Å²) in [5.74, 6) is -0.401. The van der Waals surface area contributed by atoms with E-state index in [0.717, 1.165) is 44.3 Å². The molecule has 0 saturated carbocycles. The molecule has 1 N–H and O–H groups in total. The van der Waals surface area contributed by atoms with Crippen LogP contribution in [-0.2, 0) is 30.6 Å². The van der Waals surface area contributed by atoms with Crippen molar-refractivity contribution >= 4 is 11.9 Å². The number of likely N-dealkylation sites (N-methyl/N-ethyl adjacent to an activating group) is 2. The van der Waals surface area contributed by atoms with E-state index in [1.54, 1.807) is 42.2 Å². The second-order valence-electron chi connectivity index (χ2n) is 11.2. The first-order valence-electron chi connectivity index (χ1n) is 15.8. The Bertz CT molecular complexity index is 1260. The van der Waals surface area contributed by atoms with Gasteiger partial charge in [0.15, 0.2) is 0 Å². The van der Waals surface area contributed by atoms with E-state index >= 15 is 0 Å². The monoisotopic (exact) mass is 617 g/mol. The molecule has 3 aromatic carbocycles. The summed E-state index contributed by atoms with van der Waals surface area (Å²) in [6, 6.07) is 24.5. The first-order chi connectivity index (χ1) is 21.7. The topological polar surface area (TPSA) is 59.1 Å². The zero-order valence-electron chi connectivity index (χ0n) is 27.8. The summed E-state index contributed by atoms with van der Waals surface area (Å²) >= 11 is 0. The summed E-state index contributed by atoms with van der Waals surface area (Å²) in [7, 11) is 5.39. The van der Waals surface area contributed by atoms with E-state index in [9.17, 15) is 14.0 Å². The zero-order valence-corrected chi connectivity index (χ0v) is 27.8. The Labute approximate surface area is 270 Å². The minimum Gasteiger partial charge on any atom is -0.337 e. The van der Waals surface area contributed by atoms with Gasteiger partial charge < -0.3 is 15.1 Å². The lowest BCUT2D eigenvalue weighted by Gasteiger charge is -2.31. The van der Waals surface area contributed by atoms with E-state index in [0.29, 0.717) is 13.1 Å². The highest BCUT2D eigenvalue weighted by molar-refractivity contribution is 5.79. The lowest BCUT2D eigenvalue weighted by Crippen LogP contribution is -2.51. The molecule has 7 nitrogen and oxygen atoms in total. The van der Waals surface area contributed by atoms with Crippen molar-refractivity contribution in [3.05, 3.63) is 120 Å². The maximum absolute atomic E-state index is 13.1. The SMILES string of the molecule is C=CCN(CCN(C)CCc1ccc(CC)c(CCC)c1)C(=O)CN(C)N(C)C(=O)NCc1ccc(F)cc1.c1ccccc1. The van der Waals surface area contributed by atoms with Gasteiger partial charge in [-0.15, -0.1) is 6.58 Å². The standard InChI is InChI=1S/C31H46FN5O2.C6H6/c1-7-10-28-22-25(11-14-27(28)9-3)17-19-34(4)20-21-37(18-8-2)30(38)24-35(5)36(6)31(39)33-23-26-12-15-29(32)16-13-26;1-2-4-6-5-3-1/h8,11-16,22H,2,7,9-10,17-21,23-24H2,1,3-6H3,(H,33,39);1-6H. The lowest BCUT2D eigenvalue weighted by atomic mass is 9.97. The number of carbonyl (C=O) groups is 2.